The Hall–Kier alpha value is -2.40. The molecule has 122 valence electrons. The number of halogens is 1. The average Bonchev–Trinajstić information content (AvgIpc) is 2.58. The van der Waals surface area contributed by atoms with Gasteiger partial charge in [0, 0.05) is 6.54 Å². The topological polar surface area (TPSA) is 56.8 Å². The van der Waals surface area contributed by atoms with E-state index in [1.165, 1.54) is 0 Å². The van der Waals surface area contributed by atoms with Gasteiger partial charge in [0.25, 0.3) is 5.91 Å². The molecule has 0 spiro atoms. The highest BCUT2D eigenvalue weighted by molar-refractivity contribution is 6.33. The number of hydrogen-bond donors (Lipinski definition) is 1. The van der Waals surface area contributed by atoms with E-state index in [-0.39, 0.29) is 5.91 Å². The molecule has 0 fully saturated rings. The molecular weight excluding hydrogens is 318 g/mol. The van der Waals surface area contributed by atoms with Crippen LogP contribution in [0.1, 0.15) is 15.9 Å². The molecule has 0 heterocycles. The maximum atomic E-state index is 12.2. The summed E-state index contributed by atoms with van der Waals surface area (Å²) in [7, 11) is 4.63. The van der Waals surface area contributed by atoms with Gasteiger partial charge in [-0.05, 0) is 29.8 Å². The number of carbonyl (C=O) groups is 1. The third-order valence-corrected chi connectivity index (χ3v) is 3.63. The molecule has 2 aromatic carbocycles. The summed E-state index contributed by atoms with van der Waals surface area (Å²) in [5.41, 5.74) is 1.25. The van der Waals surface area contributed by atoms with Gasteiger partial charge in [-0.1, -0.05) is 23.7 Å². The van der Waals surface area contributed by atoms with Crippen LogP contribution < -0.4 is 19.5 Å². The van der Waals surface area contributed by atoms with Gasteiger partial charge in [-0.25, -0.2) is 0 Å². The van der Waals surface area contributed by atoms with E-state index >= 15 is 0 Å². The zero-order chi connectivity index (χ0) is 16.8. The van der Waals surface area contributed by atoms with E-state index in [4.69, 9.17) is 25.8 Å². The van der Waals surface area contributed by atoms with Crippen LogP contribution in [0.15, 0.2) is 36.4 Å². The van der Waals surface area contributed by atoms with Crippen molar-refractivity contribution in [2.75, 3.05) is 21.3 Å². The van der Waals surface area contributed by atoms with E-state index < -0.39 is 0 Å². The van der Waals surface area contributed by atoms with Crippen molar-refractivity contribution in [1.29, 1.82) is 0 Å². The van der Waals surface area contributed by atoms with Crippen molar-refractivity contribution in [3.63, 3.8) is 0 Å². The van der Waals surface area contributed by atoms with Crippen LogP contribution in [0.25, 0.3) is 0 Å². The molecule has 0 atom stereocenters. The lowest BCUT2D eigenvalue weighted by atomic mass is 10.1. The molecule has 1 amide bonds. The fourth-order valence-corrected chi connectivity index (χ4v) is 2.38. The summed E-state index contributed by atoms with van der Waals surface area (Å²) in [6, 6.07) is 10.5. The Bertz CT molecular complexity index is 678. The Kier molecular flexibility index (Phi) is 5.71. The first-order valence-electron chi connectivity index (χ1n) is 6.92. The lowest BCUT2D eigenvalue weighted by molar-refractivity contribution is 0.0951. The normalized spacial score (nSPS) is 10.1. The molecule has 0 saturated carbocycles. The second kappa shape index (κ2) is 7.74. The number of hydrogen-bond acceptors (Lipinski definition) is 4. The molecule has 6 heteroatoms. The average molecular weight is 336 g/mol. The zero-order valence-corrected chi connectivity index (χ0v) is 13.9. The summed E-state index contributed by atoms with van der Waals surface area (Å²) in [5, 5.41) is 3.23. The van der Waals surface area contributed by atoms with E-state index in [0.717, 1.165) is 5.56 Å². The summed E-state index contributed by atoms with van der Waals surface area (Å²) in [4.78, 5) is 12.2. The van der Waals surface area contributed by atoms with Gasteiger partial charge in [0.15, 0.2) is 11.5 Å². The van der Waals surface area contributed by atoms with Gasteiger partial charge in [0.2, 0.25) is 5.75 Å². The molecule has 1 N–H and O–H groups in total. The first kappa shape index (κ1) is 17.0. The summed E-state index contributed by atoms with van der Waals surface area (Å²) in [5.74, 6) is 1.34. The molecule has 0 unspecified atom stereocenters. The van der Waals surface area contributed by atoms with Crippen molar-refractivity contribution >= 4 is 17.5 Å². The fourth-order valence-electron chi connectivity index (χ4n) is 2.16. The number of nitrogens with one attached hydrogen (secondary N) is 1. The van der Waals surface area contributed by atoms with Crippen LogP contribution in [0.5, 0.6) is 17.2 Å². The van der Waals surface area contributed by atoms with Crippen molar-refractivity contribution in [2.24, 2.45) is 0 Å². The van der Waals surface area contributed by atoms with Gasteiger partial charge >= 0.3 is 0 Å². The number of benzene rings is 2. The molecule has 0 radical (unpaired) electrons. The number of methoxy groups -OCH3 is 3. The van der Waals surface area contributed by atoms with Gasteiger partial charge in [-0.3, -0.25) is 4.79 Å². The standard InChI is InChI=1S/C17H18ClNO4/c1-21-14-8-11(9-15(22-2)16(14)23-3)10-19-17(20)12-6-4-5-7-13(12)18/h4-9H,10H2,1-3H3,(H,19,20). The molecule has 0 aliphatic heterocycles. The highest BCUT2D eigenvalue weighted by Crippen LogP contribution is 2.38. The zero-order valence-electron chi connectivity index (χ0n) is 13.2. The van der Waals surface area contributed by atoms with Crippen molar-refractivity contribution < 1.29 is 19.0 Å². The molecule has 0 saturated heterocycles. The van der Waals surface area contributed by atoms with Crippen molar-refractivity contribution in [2.45, 2.75) is 6.54 Å². The van der Waals surface area contributed by atoms with Crippen molar-refractivity contribution in [1.82, 2.24) is 5.32 Å². The maximum absolute atomic E-state index is 12.2. The van der Waals surface area contributed by atoms with Crippen LogP contribution in [-0.4, -0.2) is 27.2 Å². The van der Waals surface area contributed by atoms with Gasteiger partial charge in [-0.2, -0.15) is 0 Å². The number of amides is 1. The molecular formula is C17H18ClNO4. The summed E-state index contributed by atoms with van der Waals surface area (Å²) >= 11 is 6.02. The highest BCUT2D eigenvalue weighted by Gasteiger charge is 2.14. The van der Waals surface area contributed by atoms with Gasteiger partial charge < -0.3 is 19.5 Å². The number of carbonyl (C=O) groups excluding carboxylic acids is 1. The molecule has 0 aromatic heterocycles. The van der Waals surface area contributed by atoms with Gasteiger partial charge in [0.1, 0.15) is 0 Å². The van der Waals surface area contributed by atoms with Crippen LogP contribution in [-0.2, 0) is 6.54 Å². The molecule has 2 aromatic rings. The SMILES string of the molecule is COc1cc(CNC(=O)c2ccccc2Cl)cc(OC)c1OC. The smallest absolute Gasteiger partial charge is 0.253 e. The predicted molar refractivity (Wildman–Crippen MR) is 88.7 cm³/mol. The largest absolute Gasteiger partial charge is 0.493 e. The highest BCUT2D eigenvalue weighted by atomic mass is 35.5. The Morgan fingerprint density at radius 3 is 2.17 bits per heavy atom. The van der Waals surface area contributed by atoms with Crippen LogP contribution in [0.4, 0.5) is 0 Å². The maximum Gasteiger partial charge on any atom is 0.253 e. The van der Waals surface area contributed by atoms with Crippen LogP contribution in [0, 0.1) is 0 Å². The lowest BCUT2D eigenvalue weighted by Gasteiger charge is -2.14. The fraction of sp³-hybridized carbons (Fsp3) is 0.235. The van der Waals surface area contributed by atoms with Crippen LogP contribution in [0.3, 0.4) is 0 Å². The minimum absolute atomic E-state index is 0.246. The summed E-state index contributed by atoms with van der Waals surface area (Å²) in [6.45, 7) is 0.306. The van der Waals surface area contributed by atoms with Gasteiger partial charge in [-0.15, -0.1) is 0 Å². The Labute approximate surface area is 140 Å². The van der Waals surface area contributed by atoms with E-state index in [9.17, 15) is 4.79 Å². The van der Waals surface area contributed by atoms with E-state index in [2.05, 4.69) is 5.32 Å². The first-order valence-corrected chi connectivity index (χ1v) is 7.30. The molecule has 0 bridgehead atoms. The summed E-state index contributed by atoms with van der Waals surface area (Å²) in [6.07, 6.45) is 0. The Morgan fingerprint density at radius 2 is 1.65 bits per heavy atom. The monoisotopic (exact) mass is 335 g/mol. The third kappa shape index (κ3) is 3.87. The minimum Gasteiger partial charge on any atom is -0.493 e. The molecule has 0 aliphatic rings. The van der Waals surface area contributed by atoms with Crippen LogP contribution in [0.2, 0.25) is 5.02 Å². The van der Waals surface area contributed by atoms with Gasteiger partial charge in [0.05, 0.1) is 31.9 Å². The molecule has 23 heavy (non-hydrogen) atoms. The van der Waals surface area contributed by atoms with Crippen molar-refractivity contribution in [3.05, 3.63) is 52.5 Å². The van der Waals surface area contributed by atoms with Crippen LogP contribution >= 0.6 is 11.6 Å². The third-order valence-electron chi connectivity index (χ3n) is 3.30. The first-order chi connectivity index (χ1) is 11.1. The quantitative estimate of drug-likeness (QED) is 0.880. The Balaban J connectivity index is 2.17. The predicted octanol–water partition coefficient (Wildman–Crippen LogP) is 3.30. The molecule has 0 aliphatic carbocycles. The molecule has 5 nitrogen and oxygen atoms in total. The van der Waals surface area contributed by atoms with E-state index in [0.29, 0.717) is 34.4 Å². The molecule has 2 rings (SSSR count). The second-order valence-electron chi connectivity index (χ2n) is 4.70. The second-order valence-corrected chi connectivity index (χ2v) is 5.10. The summed E-state index contributed by atoms with van der Waals surface area (Å²) < 4.78 is 15.9. The van der Waals surface area contributed by atoms with E-state index in [1.54, 1.807) is 57.7 Å². The minimum atomic E-state index is -0.246. The van der Waals surface area contributed by atoms with E-state index in [1.807, 2.05) is 0 Å². The lowest BCUT2D eigenvalue weighted by Crippen LogP contribution is -2.23. The number of rotatable bonds is 6. The number of ether oxygens (including phenoxy) is 3. The Morgan fingerprint density at radius 1 is 1.04 bits per heavy atom. The van der Waals surface area contributed by atoms with Crippen molar-refractivity contribution in [3.8, 4) is 17.2 Å².